The molecule has 0 unspecified atom stereocenters. The van der Waals surface area contributed by atoms with Crippen molar-refractivity contribution < 1.29 is 28.2 Å². The summed E-state index contributed by atoms with van der Waals surface area (Å²) in [5.74, 6) is -4.21. The highest BCUT2D eigenvalue weighted by Crippen LogP contribution is 2.42. The number of halogens is 2. The largest absolute Gasteiger partial charge is 0.460 e. The number of hydrogen-bond donors (Lipinski definition) is 1. The maximum absolute atomic E-state index is 14.2. The minimum atomic E-state index is -3.63. The van der Waals surface area contributed by atoms with Crippen LogP contribution in [0.1, 0.15) is 46.0 Å². The van der Waals surface area contributed by atoms with Gasteiger partial charge in [0.05, 0.1) is 18.2 Å². The van der Waals surface area contributed by atoms with Crippen LogP contribution in [0.5, 0.6) is 0 Å². The second-order valence-corrected chi connectivity index (χ2v) is 6.93. The number of esters is 1. The molecule has 1 aromatic rings. The van der Waals surface area contributed by atoms with Crippen LogP contribution < -0.4 is 5.69 Å². The number of hydrogen-bond acceptors (Lipinski definition) is 6. The SMILES string of the molecule is CC[C@H]1O[C@@H](n2ccc(CC(=O)OC(C)(C)C)nc2=O)C(F)(F)[C@@H]1O. The lowest BCUT2D eigenvalue weighted by atomic mass is 10.1. The molecule has 140 valence electrons. The predicted molar refractivity (Wildman–Crippen MR) is 83.2 cm³/mol. The number of ether oxygens (including phenoxy) is 2. The van der Waals surface area contributed by atoms with Gasteiger partial charge in [0.2, 0.25) is 6.23 Å². The Morgan fingerprint density at radius 2 is 2.12 bits per heavy atom. The van der Waals surface area contributed by atoms with E-state index in [2.05, 4.69) is 4.98 Å². The summed E-state index contributed by atoms with van der Waals surface area (Å²) in [6, 6.07) is 1.27. The van der Waals surface area contributed by atoms with Crippen molar-refractivity contribution in [3.63, 3.8) is 0 Å². The highest BCUT2D eigenvalue weighted by molar-refractivity contribution is 5.72. The molecule has 1 saturated heterocycles. The van der Waals surface area contributed by atoms with Crippen LogP contribution in [0.2, 0.25) is 0 Å². The number of nitrogens with zero attached hydrogens (tertiary/aromatic N) is 2. The zero-order valence-electron chi connectivity index (χ0n) is 14.5. The van der Waals surface area contributed by atoms with E-state index in [1.165, 1.54) is 6.07 Å². The van der Waals surface area contributed by atoms with E-state index < -0.39 is 41.6 Å². The van der Waals surface area contributed by atoms with Gasteiger partial charge in [-0.2, -0.15) is 13.8 Å². The van der Waals surface area contributed by atoms with Gasteiger partial charge in [-0.3, -0.25) is 9.36 Å². The summed E-state index contributed by atoms with van der Waals surface area (Å²) in [6.07, 6.45) is -4.02. The molecule has 1 N–H and O–H groups in total. The lowest BCUT2D eigenvalue weighted by Gasteiger charge is -2.21. The molecule has 1 aromatic heterocycles. The van der Waals surface area contributed by atoms with Gasteiger partial charge < -0.3 is 14.6 Å². The molecular formula is C16H22F2N2O5. The Morgan fingerprint density at radius 3 is 2.60 bits per heavy atom. The normalized spacial score (nSPS) is 25.8. The summed E-state index contributed by atoms with van der Waals surface area (Å²) in [5.41, 5.74) is -1.57. The number of aromatic nitrogens is 2. The zero-order chi connectivity index (χ0) is 19.0. The third-order valence-electron chi connectivity index (χ3n) is 3.67. The van der Waals surface area contributed by atoms with Crippen LogP contribution in [-0.4, -0.2) is 44.4 Å². The smallest absolute Gasteiger partial charge is 0.350 e. The Kier molecular flexibility index (Phi) is 5.29. The molecule has 25 heavy (non-hydrogen) atoms. The van der Waals surface area contributed by atoms with Crippen molar-refractivity contribution in [2.24, 2.45) is 0 Å². The standard InChI is InChI=1S/C16H22F2N2O5/c1-5-10-12(22)16(17,18)13(24-10)20-7-6-9(19-14(20)23)8-11(21)25-15(2,3)4/h6-7,10,12-13,22H,5,8H2,1-4H3/t10-,12-,13-/m1/s1. The second-order valence-electron chi connectivity index (χ2n) is 6.93. The Hall–Kier alpha value is -1.87. The Labute approximate surface area is 143 Å². The summed E-state index contributed by atoms with van der Waals surface area (Å²) in [6.45, 7) is 6.69. The van der Waals surface area contributed by atoms with Gasteiger partial charge in [-0.15, -0.1) is 0 Å². The van der Waals surface area contributed by atoms with E-state index in [0.29, 0.717) is 4.57 Å². The van der Waals surface area contributed by atoms with Crippen LogP contribution in [0.4, 0.5) is 8.78 Å². The fourth-order valence-corrected chi connectivity index (χ4v) is 2.55. The van der Waals surface area contributed by atoms with Gasteiger partial charge in [0, 0.05) is 6.20 Å². The molecule has 3 atom stereocenters. The third-order valence-corrected chi connectivity index (χ3v) is 3.67. The molecule has 0 amide bonds. The van der Waals surface area contributed by atoms with Gasteiger partial charge in [0.15, 0.2) is 0 Å². The molecule has 0 spiro atoms. The molecule has 2 heterocycles. The monoisotopic (exact) mass is 360 g/mol. The van der Waals surface area contributed by atoms with Crippen LogP contribution in [-0.2, 0) is 20.7 Å². The predicted octanol–water partition coefficient (Wildman–Crippen LogP) is 1.43. The van der Waals surface area contributed by atoms with Gasteiger partial charge in [-0.1, -0.05) is 6.92 Å². The van der Waals surface area contributed by atoms with Gasteiger partial charge >= 0.3 is 17.6 Å². The van der Waals surface area contributed by atoms with Crippen molar-refractivity contribution >= 4 is 5.97 Å². The molecule has 0 saturated carbocycles. The number of carbonyl (C=O) groups excluding carboxylic acids is 1. The van der Waals surface area contributed by atoms with E-state index in [-0.39, 0.29) is 18.5 Å². The van der Waals surface area contributed by atoms with E-state index in [9.17, 15) is 23.5 Å². The Bertz CT molecular complexity index is 699. The first-order valence-corrected chi connectivity index (χ1v) is 7.97. The average molecular weight is 360 g/mol. The molecule has 1 aliphatic heterocycles. The van der Waals surface area contributed by atoms with E-state index in [1.807, 2.05) is 0 Å². The number of aliphatic hydroxyl groups excluding tert-OH is 1. The van der Waals surface area contributed by atoms with Crippen molar-refractivity contribution in [2.45, 2.75) is 70.5 Å². The summed E-state index contributed by atoms with van der Waals surface area (Å²) < 4.78 is 39.2. The average Bonchev–Trinajstić information content (AvgIpc) is 2.68. The van der Waals surface area contributed by atoms with Gasteiger partial charge in [-0.05, 0) is 33.3 Å². The maximum Gasteiger partial charge on any atom is 0.350 e. The first kappa shape index (κ1) is 19.5. The summed E-state index contributed by atoms with van der Waals surface area (Å²) in [4.78, 5) is 27.5. The fourth-order valence-electron chi connectivity index (χ4n) is 2.55. The lowest BCUT2D eigenvalue weighted by molar-refractivity contribution is -0.154. The number of aliphatic hydroxyl groups is 1. The molecule has 9 heteroatoms. The van der Waals surface area contributed by atoms with Crippen molar-refractivity contribution in [1.29, 1.82) is 0 Å². The van der Waals surface area contributed by atoms with Crippen LogP contribution in [0.25, 0.3) is 0 Å². The van der Waals surface area contributed by atoms with Crippen molar-refractivity contribution in [2.75, 3.05) is 0 Å². The van der Waals surface area contributed by atoms with E-state index in [1.54, 1.807) is 27.7 Å². The molecule has 1 aliphatic rings. The van der Waals surface area contributed by atoms with Crippen molar-refractivity contribution in [3.05, 3.63) is 28.4 Å². The second kappa shape index (κ2) is 6.80. The summed E-state index contributed by atoms with van der Waals surface area (Å²) in [7, 11) is 0. The van der Waals surface area contributed by atoms with Crippen LogP contribution >= 0.6 is 0 Å². The first-order valence-electron chi connectivity index (χ1n) is 7.97. The molecular weight excluding hydrogens is 338 g/mol. The van der Waals surface area contributed by atoms with Crippen LogP contribution in [0, 0.1) is 0 Å². The van der Waals surface area contributed by atoms with Gasteiger partial charge in [-0.25, -0.2) is 4.79 Å². The maximum atomic E-state index is 14.2. The van der Waals surface area contributed by atoms with Gasteiger partial charge in [0.25, 0.3) is 0 Å². The molecule has 0 aliphatic carbocycles. The van der Waals surface area contributed by atoms with Gasteiger partial charge in [0.1, 0.15) is 11.7 Å². The Balaban J connectivity index is 2.20. The third kappa shape index (κ3) is 4.21. The van der Waals surface area contributed by atoms with E-state index >= 15 is 0 Å². The fraction of sp³-hybridized carbons (Fsp3) is 0.688. The highest BCUT2D eigenvalue weighted by Gasteiger charge is 2.59. The summed E-state index contributed by atoms with van der Waals surface area (Å²) in [5, 5.41) is 9.65. The molecule has 0 aromatic carbocycles. The lowest BCUT2D eigenvalue weighted by Crippen LogP contribution is -2.41. The van der Waals surface area contributed by atoms with Crippen molar-refractivity contribution in [1.82, 2.24) is 9.55 Å². The van der Waals surface area contributed by atoms with E-state index in [0.717, 1.165) is 6.20 Å². The number of alkyl halides is 2. The first-order chi connectivity index (χ1) is 11.5. The molecule has 0 radical (unpaired) electrons. The van der Waals surface area contributed by atoms with Crippen LogP contribution in [0.3, 0.4) is 0 Å². The van der Waals surface area contributed by atoms with Crippen LogP contribution in [0.15, 0.2) is 17.1 Å². The van der Waals surface area contributed by atoms with E-state index in [4.69, 9.17) is 9.47 Å². The topological polar surface area (TPSA) is 90.7 Å². The quantitative estimate of drug-likeness (QED) is 0.817. The molecule has 2 rings (SSSR count). The Morgan fingerprint density at radius 1 is 1.48 bits per heavy atom. The number of carbonyl (C=O) groups is 1. The minimum Gasteiger partial charge on any atom is -0.460 e. The highest BCUT2D eigenvalue weighted by atomic mass is 19.3. The molecule has 0 bridgehead atoms. The molecule has 1 fully saturated rings. The summed E-state index contributed by atoms with van der Waals surface area (Å²) >= 11 is 0. The minimum absolute atomic E-state index is 0.101. The molecule has 7 nitrogen and oxygen atoms in total. The van der Waals surface area contributed by atoms with Crippen molar-refractivity contribution in [3.8, 4) is 0 Å². The number of rotatable bonds is 4. The zero-order valence-corrected chi connectivity index (χ0v) is 14.5.